The highest BCUT2D eigenvalue weighted by Gasteiger charge is 2.25. The van der Waals surface area contributed by atoms with Crippen LogP contribution in [0.2, 0.25) is 0 Å². The fourth-order valence-corrected chi connectivity index (χ4v) is 3.39. The van der Waals surface area contributed by atoms with Gasteiger partial charge in [0.2, 0.25) is 5.91 Å². The number of benzene rings is 1. The summed E-state index contributed by atoms with van der Waals surface area (Å²) >= 11 is 0. The third kappa shape index (κ3) is 5.68. The van der Waals surface area contributed by atoms with Crippen molar-refractivity contribution in [2.75, 3.05) is 19.7 Å². The highest BCUT2D eigenvalue weighted by Crippen LogP contribution is 2.28. The number of carbonyl (C=O) groups excluding carboxylic acids is 2. The van der Waals surface area contributed by atoms with Crippen LogP contribution >= 0.6 is 0 Å². The van der Waals surface area contributed by atoms with Crippen molar-refractivity contribution in [3.63, 3.8) is 0 Å². The first-order valence-corrected chi connectivity index (χ1v) is 9.57. The first kappa shape index (κ1) is 20.6. The van der Waals surface area contributed by atoms with Gasteiger partial charge in [-0.3, -0.25) is 9.59 Å². The molecule has 0 aliphatic carbocycles. The topological polar surface area (TPSA) is 70.5 Å². The van der Waals surface area contributed by atoms with Crippen molar-refractivity contribution in [3.8, 4) is 0 Å². The van der Waals surface area contributed by atoms with Gasteiger partial charge in [0.1, 0.15) is 12.4 Å². The molecular weight excluding hydrogens is 371 g/mol. The first-order chi connectivity index (χ1) is 14.1. The number of pyridine rings is 1. The SMILES string of the molecule is O=C(/C=C/c1cccc(/C=C/C(=O)N2CCCC(c3ccccc3F)C2)n1)CO. The maximum absolute atomic E-state index is 14.1. The lowest BCUT2D eigenvalue weighted by molar-refractivity contribution is -0.127. The standard InChI is InChI=1S/C23H23FN2O3/c24-22-9-2-1-8-21(22)17-5-4-14-26(15-17)23(29)13-11-19-7-3-6-18(25-19)10-12-20(28)16-27/h1-3,6-13,17,27H,4-5,14-16H2/b12-10+,13-11+. The van der Waals surface area contributed by atoms with Gasteiger partial charge in [-0.05, 0) is 54.8 Å². The summed E-state index contributed by atoms with van der Waals surface area (Å²) in [7, 11) is 0. The van der Waals surface area contributed by atoms with Gasteiger partial charge in [-0.15, -0.1) is 0 Å². The lowest BCUT2D eigenvalue weighted by atomic mass is 9.90. The van der Waals surface area contributed by atoms with Gasteiger partial charge in [0.25, 0.3) is 0 Å². The molecule has 1 atom stereocenters. The number of carbonyl (C=O) groups is 2. The molecule has 2 heterocycles. The number of nitrogens with zero attached hydrogens (tertiary/aromatic N) is 2. The van der Waals surface area contributed by atoms with E-state index in [4.69, 9.17) is 5.11 Å². The number of aliphatic hydroxyl groups excluding tert-OH is 1. The molecule has 2 aromatic rings. The number of hydrogen-bond acceptors (Lipinski definition) is 4. The zero-order valence-electron chi connectivity index (χ0n) is 16.0. The summed E-state index contributed by atoms with van der Waals surface area (Å²) in [6.45, 7) is 0.589. The second-order valence-corrected chi connectivity index (χ2v) is 6.92. The molecule has 1 aromatic heterocycles. The smallest absolute Gasteiger partial charge is 0.246 e. The van der Waals surface area contributed by atoms with E-state index in [1.165, 1.54) is 24.3 Å². The molecule has 0 radical (unpaired) electrons. The average molecular weight is 394 g/mol. The van der Waals surface area contributed by atoms with Crippen LogP contribution in [0.15, 0.2) is 54.6 Å². The molecule has 5 nitrogen and oxygen atoms in total. The Morgan fingerprint density at radius 1 is 1.10 bits per heavy atom. The summed E-state index contributed by atoms with van der Waals surface area (Å²) in [6, 6.07) is 12.0. The normalized spacial score (nSPS) is 17.2. The van der Waals surface area contributed by atoms with Crippen molar-refractivity contribution in [1.29, 1.82) is 0 Å². The average Bonchev–Trinajstić information content (AvgIpc) is 2.76. The fraction of sp³-hybridized carbons (Fsp3) is 0.261. The van der Waals surface area contributed by atoms with Gasteiger partial charge in [0.05, 0.1) is 11.4 Å². The summed E-state index contributed by atoms with van der Waals surface area (Å²) in [5.74, 6) is -0.768. The van der Waals surface area contributed by atoms with E-state index in [0.29, 0.717) is 30.0 Å². The maximum atomic E-state index is 14.1. The minimum atomic E-state index is -0.547. The van der Waals surface area contributed by atoms with Crippen LogP contribution in [0, 0.1) is 5.82 Å². The van der Waals surface area contributed by atoms with E-state index in [-0.39, 0.29) is 17.6 Å². The van der Waals surface area contributed by atoms with Crippen molar-refractivity contribution in [2.24, 2.45) is 0 Å². The molecule has 1 aromatic carbocycles. The van der Waals surface area contributed by atoms with Crippen molar-refractivity contribution in [1.82, 2.24) is 9.88 Å². The van der Waals surface area contributed by atoms with E-state index in [1.54, 1.807) is 41.3 Å². The molecule has 0 saturated carbocycles. The second kappa shape index (κ2) is 9.89. The predicted octanol–water partition coefficient (Wildman–Crippen LogP) is 3.21. The number of amides is 1. The Morgan fingerprint density at radius 3 is 2.55 bits per heavy atom. The highest BCUT2D eigenvalue weighted by molar-refractivity contribution is 5.94. The summed E-state index contributed by atoms with van der Waals surface area (Å²) in [5, 5.41) is 8.75. The molecule has 1 aliphatic heterocycles. The Hall–Kier alpha value is -3.12. The van der Waals surface area contributed by atoms with Crippen LogP contribution in [0.4, 0.5) is 4.39 Å². The Balaban J connectivity index is 1.65. The Morgan fingerprint density at radius 2 is 1.83 bits per heavy atom. The number of ketones is 1. The number of halogens is 1. The van der Waals surface area contributed by atoms with Crippen molar-refractivity contribution < 1.29 is 19.1 Å². The fourth-order valence-electron chi connectivity index (χ4n) is 3.39. The van der Waals surface area contributed by atoms with Gasteiger partial charge in [-0.2, -0.15) is 0 Å². The van der Waals surface area contributed by atoms with Crippen LogP contribution in [-0.2, 0) is 9.59 Å². The third-order valence-electron chi connectivity index (χ3n) is 4.86. The zero-order valence-corrected chi connectivity index (χ0v) is 16.0. The van der Waals surface area contributed by atoms with Gasteiger partial charge < -0.3 is 10.0 Å². The van der Waals surface area contributed by atoms with Gasteiger partial charge >= 0.3 is 0 Å². The molecule has 1 saturated heterocycles. The zero-order chi connectivity index (χ0) is 20.6. The number of piperidine rings is 1. The van der Waals surface area contributed by atoms with E-state index in [0.717, 1.165) is 12.8 Å². The predicted molar refractivity (Wildman–Crippen MR) is 109 cm³/mol. The van der Waals surface area contributed by atoms with E-state index < -0.39 is 12.4 Å². The number of aromatic nitrogens is 1. The summed E-state index contributed by atoms with van der Waals surface area (Å²) < 4.78 is 14.1. The Labute approximate surface area is 169 Å². The Bertz CT molecular complexity index is 939. The summed E-state index contributed by atoms with van der Waals surface area (Å²) in [6.07, 6.45) is 7.56. The van der Waals surface area contributed by atoms with Crippen molar-refractivity contribution in [3.05, 3.63) is 77.4 Å². The van der Waals surface area contributed by atoms with Gasteiger partial charge in [0.15, 0.2) is 5.78 Å². The highest BCUT2D eigenvalue weighted by atomic mass is 19.1. The van der Waals surface area contributed by atoms with E-state index >= 15 is 0 Å². The molecule has 1 N–H and O–H groups in total. The van der Waals surface area contributed by atoms with Crippen LogP contribution < -0.4 is 0 Å². The van der Waals surface area contributed by atoms with Crippen molar-refractivity contribution >= 4 is 23.8 Å². The van der Waals surface area contributed by atoms with Gasteiger partial charge in [-0.25, -0.2) is 9.37 Å². The minimum Gasteiger partial charge on any atom is -0.388 e. The number of aliphatic hydroxyl groups is 1. The molecule has 1 aliphatic rings. The van der Waals surface area contributed by atoms with E-state index in [2.05, 4.69) is 4.98 Å². The Kier molecular flexibility index (Phi) is 7.03. The molecule has 1 amide bonds. The van der Waals surface area contributed by atoms with Crippen molar-refractivity contribution in [2.45, 2.75) is 18.8 Å². The molecule has 1 unspecified atom stereocenters. The molecule has 6 heteroatoms. The van der Waals surface area contributed by atoms with Crippen LogP contribution in [0.3, 0.4) is 0 Å². The van der Waals surface area contributed by atoms with E-state index in [1.807, 2.05) is 6.07 Å². The molecule has 0 bridgehead atoms. The van der Waals surface area contributed by atoms with Gasteiger partial charge in [0, 0.05) is 25.1 Å². The van der Waals surface area contributed by atoms with Crippen LogP contribution in [0.5, 0.6) is 0 Å². The molecule has 150 valence electrons. The molecule has 0 spiro atoms. The first-order valence-electron chi connectivity index (χ1n) is 9.57. The van der Waals surface area contributed by atoms with Crippen LogP contribution in [0.25, 0.3) is 12.2 Å². The number of hydrogen-bond donors (Lipinski definition) is 1. The largest absolute Gasteiger partial charge is 0.388 e. The van der Waals surface area contributed by atoms with Crippen LogP contribution in [-0.4, -0.2) is 46.4 Å². The molecular formula is C23H23FN2O3. The molecule has 1 fully saturated rings. The monoisotopic (exact) mass is 394 g/mol. The number of likely N-dealkylation sites (tertiary alicyclic amines) is 1. The quantitative estimate of drug-likeness (QED) is 0.764. The number of rotatable bonds is 6. The summed E-state index contributed by atoms with van der Waals surface area (Å²) in [5.41, 5.74) is 1.80. The third-order valence-corrected chi connectivity index (χ3v) is 4.86. The van der Waals surface area contributed by atoms with Gasteiger partial charge in [-0.1, -0.05) is 24.3 Å². The van der Waals surface area contributed by atoms with E-state index in [9.17, 15) is 14.0 Å². The minimum absolute atomic E-state index is 0.00190. The summed E-state index contributed by atoms with van der Waals surface area (Å²) in [4.78, 5) is 29.8. The maximum Gasteiger partial charge on any atom is 0.246 e. The lowest BCUT2D eigenvalue weighted by Gasteiger charge is -2.32. The van der Waals surface area contributed by atoms with Crippen LogP contribution in [0.1, 0.15) is 35.7 Å². The lowest BCUT2D eigenvalue weighted by Crippen LogP contribution is -2.38. The molecule has 3 rings (SSSR count). The second-order valence-electron chi connectivity index (χ2n) is 6.92. The molecule has 29 heavy (non-hydrogen) atoms.